The number of carbonyl (C=O) groups is 1. The lowest BCUT2D eigenvalue weighted by molar-refractivity contribution is -0.122. The summed E-state index contributed by atoms with van der Waals surface area (Å²) >= 11 is 12.0. The molecule has 1 fully saturated rings. The molecule has 144 valence electrons. The molecule has 0 atom stereocenters. The Kier molecular flexibility index (Phi) is 7.07. The molecule has 1 amide bonds. The molecular formula is C20H22Cl2FN3O. The average Bonchev–Trinajstić information content (AvgIpc) is 2.65. The van der Waals surface area contributed by atoms with Crippen molar-refractivity contribution in [2.75, 3.05) is 32.7 Å². The molecule has 7 heteroatoms. The summed E-state index contributed by atoms with van der Waals surface area (Å²) in [5, 5.41) is 4.08. The van der Waals surface area contributed by atoms with Crippen LogP contribution in [0.15, 0.2) is 42.5 Å². The van der Waals surface area contributed by atoms with Crippen LogP contribution >= 0.6 is 23.2 Å². The molecule has 0 spiro atoms. The van der Waals surface area contributed by atoms with Crippen molar-refractivity contribution in [2.45, 2.75) is 13.1 Å². The molecule has 0 saturated carbocycles. The number of carbonyl (C=O) groups excluding carboxylic acids is 1. The first-order valence-corrected chi connectivity index (χ1v) is 9.65. The third-order valence-electron chi connectivity index (χ3n) is 4.64. The van der Waals surface area contributed by atoms with Crippen molar-refractivity contribution in [1.82, 2.24) is 15.1 Å². The van der Waals surface area contributed by atoms with Crippen LogP contribution in [0.2, 0.25) is 10.0 Å². The fourth-order valence-corrected chi connectivity index (χ4v) is 3.41. The summed E-state index contributed by atoms with van der Waals surface area (Å²) in [5.74, 6) is -0.307. The quantitative estimate of drug-likeness (QED) is 0.791. The number of hydrogen-bond acceptors (Lipinski definition) is 3. The second kappa shape index (κ2) is 9.51. The van der Waals surface area contributed by atoms with Crippen LogP contribution in [0.5, 0.6) is 0 Å². The van der Waals surface area contributed by atoms with Crippen molar-refractivity contribution in [3.8, 4) is 0 Å². The molecule has 0 bridgehead atoms. The smallest absolute Gasteiger partial charge is 0.234 e. The van der Waals surface area contributed by atoms with E-state index in [-0.39, 0.29) is 11.7 Å². The Hall–Kier alpha value is -1.66. The molecule has 4 nitrogen and oxygen atoms in total. The topological polar surface area (TPSA) is 35.6 Å². The molecule has 0 aliphatic carbocycles. The van der Waals surface area contributed by atoms with Crippen LogP contribution < -0.4 is 5.32 Å². The number of halogens is 3. The van der Waals surface area contributed by atoms with Crippen molar-refractivity contribution >= 4 is 29.1 Å². The van der Waals surface area contributed by atoms with Crippen molar-refractivity contribution in [1.29, 1.82) is 0 Å². The number of amides is 1. The summed E-state index contributed by atoms with van der Waals surface area (Å²) in [7, 11) is 0. The van der Waals surface area contributed by atoms with E-state index in [1.807, 2.05) is 24.3 Å². The van der Waals surface area contributed by atoms with Gasteiger partial charge in [0.15, 0.2) is 0 Å². The Morgan fingerprint density at radius 1 is 1.00 bits per heavy atom. The molecule has 1 saturated heterocycles. The number of nitrogens with one attached hydrogen (secondary N) is 1. The van der Waals surface area contributed by atoms with Crippen LogP contribution in [0.1, 0.15) is 11.1 Å². The fourth-order valence-electron chi connectivity index (χ4n) is 3.06. The molecule has 2 aromatic carbocycles. The average molecular weight is 410 g/mol. The van der Waals surface area contributed by atoms with Gasteiger partial charge in [-0.25, -0.2) is 4.39 Å². The predicted octanol–water partition coefficient (Wildman–Crippen LogP) is 3.57. The van der Waals surface area contributed by atoms with E-state index in [4.69, 9.17) is 23.2 Å². The molecule has 1 N–H and O–H groups in total. The predicted molar refractivity (Wildman–Crippen MR) is 106 cm³/mol. The van der Waals surface area contributed by atoms with Gasteiger partial charge in [0.05, 0.1) is 6.54 Å². The van der Waals surface area contributed by atoms with Crippen LogP contribution in [0.25, 0.3) is 0 Å². The van der Waals surface area contributed by atoms with Gasteiger partial charge in [-0.1, -0.05) is 41.4 Å². The molecular weight excluding hydrogens is 388 g/mol. The van der Waals surface area contributed by atoms with Crippen LogP contribution in [-0.4, -0.2) is 48.4 Å². The number of nitrogens with zero attached hydrogens (tertiary/aromatic N) is 2. The van der Waals surface area contributed by atoms with Gasteiger partial charge < -0.3 is 5.32 Å². The summed E-state index contributed by atoms with van der Waals surface area (Å²) in [6, 6.07) is 11.9. The summed E-state index contributed by atoms with van der Waals surface area (Å²) in [5.41, 5.74) is 1.95. The van der Waals surface area contributed by atoms with E-state index in [9.17, 15) is 9.18 Å². The van der Waals surface area contributed by atoms with Gasteiger partial charge in [0.2, 0.25) is 5.91 Å². The molecule has 1 heterocycles. The van der Waals surface area contributed by atoms with Gasteiger partial charge in [-0.3, -0.25) is 14.6 Å². The summed E-state index contributed by atoms with van der Waals surface area (Å²) in [4.78, 5) is 16.6. The standard InChI is InChI=1S/C20H22Cl2FN3O/c21-17-4-1-15(2-5-17)12-24-20(27)14-26-9-7-25(8-10-26)13-16-3-6-18(23)11-19(16)22/h1-6,11H,7-10,12-14H2,(H,24,27). The molecule has 27 heavy (non-hydrogen) atoms. The SMILES string of the molecule is O=C(CN1CCN(Cc2ccc(F)cc2Cl)CC1)NCc1ccc(Cl)cc1. The van der Waals surface area contributed by atoms with Gasteiger partial charge in [-0.15, -0.1) is 0 Å². The minimum Gasteiger partial charge on any atom is -0.351 e. The van der Waals surface area contributed by atoms with Gasteiger partial charge in [-0.05, 0) is 35.4 Å². The van der Waals surface area contributed by atoms with Crippen molar-refractivity contribution < 1.29 is 9.18 Å². The second-order valence-electron chi connectivity index (χ2n) is 6.69. The molecule has 0 aromatic heterocycles. The van der Waals surface area contributed by atoms with E-state index in [0.29, 0.717) is 29.7 Å². The zero-order valence-corrected chi connectivity index (χ0v) is 16.4. The molecule has 0 radical (unpaired) electrons. The lowest BCUT2D eigenvalue weighted by Gasteiger charge is -2.34. The van der Waals surface area contributed by atoms with E-state index in [0.717, 1.165) is 37.3 Å². The van der Waals surface area contributed by atoms with Gasteiger partial charge in [-0.2, -0.15) is 0 Å². The van der Waals surface area contributed by atoms with Crippen LogP contribution in [0, 0.1) is 5.82 Å². The highest BCUT2D eigenvalue weighted by molar-refractivity contribution is 6.31. The maximum absolute atomic E-state index is 13.1. The first-order valence-electron chi connectivity index (χ1n) is 8.89. The van der Waals surface area contributed by atoms with E-state index in [2.05, 4.69) is 15.1 Å². The molecule has 3 rings (SSSR count). The van der Waals surface area contributed by atoms with E-state index >= 15 is 0 Å². The number of hydrogen-bond donors (Lipinski definition) is 1. The number of piperazine rings is 1. The first-order chi connectivity index (χ1) is 13.0. The lowest BCUT2D eigenvalue weighted by Crippen LogP contribution is -2.49. The van der Waals surface area contributed by atoms with E-state index in [1.165, 1.54) is 12.1 Å². The zero-order valence-electron chi connectivity index (χ0n) is 14.9. The highest BCUT2D eigenvalue weighted by atomic mass is 35.5. The molecule has 1 aliphatic heterocycles. The normalized spacial score (nSPS) is 15.7. The highest BCUT2D eigenvalue weighted by Gasteiger charge is 2.19. The van der Waals surface area contributed by atoms with Gasteiger partial charge >= 0.3 is 0 Å². The number of rotatable bonds is 6. The zero-order chi connectivity index (χ0) is 19.2. The number of benzene rings is 2. The summed E-state index contributed by atoms with van der Waals surface area (Å²) in [6.07, 6.45) is 0. The third kappa shape index (κ3) is 6.18. The van der Waals surface area contributed by atoms with Gasteiger partial charge in [0.1, 0.15) is 5.82 Å². The summed E-state index contributed by atoms with van der Waals surface area (Å²) in [6.45, 7) is 4.89. The Labute approximate surface area is 168 Å². The Morgan fingerprint density at radius 2 is 1.67 bits per heavy atom. The Morgan fingerprint density at radius 3 is 2.33 bits per heavy atom. The van der Waals surface area contributed by atoms with Gasteiger partial charge in [0, 0.05) is 49.3 Å². The second-order valence-corrected chi connectivity index (χ2v) is 7.53. The molecule has 1 aliphatic rings. The fraction of sp³-hybridized carbons (Fsp3) is 0.350. The van der Waals surface area contributed by atoms with Crippen LogP contribution in [-0.2, 0) is 17.9 Å². The maximum atomic E-state index is 13.1. The van der Waals surface area contributed by atoms with Crippen molar-refractivity contribution in [2.24, 2.45) is 0 Å². The highest BCUT2D eigenvalue weighted by Crippen LogP contribution is 2.19. The largest absolute Gasteiger partial charge is 0.351 e. The third-order valence-corrected chi connectivity index (χ3v) is 5.25. The lowest BCUT2D eigenvalue weighted by atomic mass is 10.2. The summed E-state index contributed by atoms with van der Waals surface area (Å²) < 4.78 is 13.1. The van der Waals surface area contributed by atoms with E-state index < -0.39 is 0 Å². The monoisotopic (exact) mass is 409 g/mol. The first kappa shape index (κ1) is 20.1. The molecule has 2 aromatic rings. The van der Waals surface area contributed by atoms with Crippen LogP contribution in [0.4, 0.5) is 4.39 Å². The Balaban J connectivity index is 1.39. The minimum atomic E-state index is -0.321. The van der Waals surface area contributed by atoms with Gasteiger partial charge in [0.25, 0.3) is 0 Å². The van der Waals surface area contributed by atoms with Crippen molar-refractivity contribution in [3.63, 3.8) is 0 Å². The Bertz CT molecular complexity index is 777. The van der Waals surface area contributed by atoms with Crippen LogP contribution in [0.3, 0.4) is 0 Å². The molecule has 0 unspecified atom stereocenters. The van der Waals surface area contributed by atoms with Crippen molar-refractivity contribution in [3.05, 3.63) is 69.5 Å². The maximum Gasteiger partial charge on any atom is 0.234 e. The van der Waals surface area contributed by atoms with E-state index in [1.54, 1.807) is 6.07 Å². The minimum absolute atomic E-state index is 0.0139.